The second-order valence-electron chi connectivity index (χ2n) is 18.9. The third-order valence-electron chi connectivity index (χ3n) is 19.8. The molecule has 0 radical (unpaired) electrons. The summed E-state index contributed by atoms with van der Waals surface area (Å²) in [6.07, 6.45) is 17.1. The molecule has 16 rings (SSSR count). The first kappa shape index (κ1) is 17.7. The van der Waals surface area contributed by atoms with E-state index in [0.717, 1.165) is 107 Å². The number of fused-ring (bicyclic) bond motifs is 1. The molecule has 0 saturated heterocycles. The SMILES string of the molecule is C1=C2C3=C4C5C1CC1CC6CC7CC8=CC9CC%10=CC2C3C2C%10C3C9C8C8C7C7C6C1C5C1C4C2C3C8C17. The van der Waals surface area contributed by atoms with Crippen LogP contribution in [0.3, 0.4) is 0 Å². The van der Waals surface area contributed by atoms with Gasteiger partial charge in [-0.2, -0.15) is 0 Å². The lowest BCUT2D eigenvalue weighted by molar-refractivity contribution is -0.139. The van der Waals surface area contributed by atoms with Crippen LogP contribution in [-0.2, 0) is 0 Å². The highest BCUT2D eigenvalue weighted by Gasteiger charge is 2.86. The lowest BCUT2D eigenvalue weighted by Gasteiger charge is -2.62. The van der Waals surface area contributed by atoms with Gasteiger partial charge < -0.3 is 0 Å². The molecule has 0 aliphatic heterocycles. The minimum absolute atomic E-state index is 0.864. The van der Waals surface area contributed by atoms with Gasteiger partial charge in [-0.1, -0.05) is 34.9 Å². The van der Waals surface area contributed by atoms with E-state index in [-0.39, 0.29) is 0 Å². The van der Waals surface area contributed by atoms with Gasteiger partial charge in [0.05, 0.1) is 0 Å². The molecule has 0 aromatic carbocycles. The van der Waals surface area contributed by atoms with Crippen molar-refractivity contribution in [1.82, 2.24) is 0 Å². The Hall–Kier alpha value is -1.04. The van der Waals surface area contributed by atoms with E-state index in [0.29, 0.717) is 0 Å². The summed E-state index contributed by atoms with van der Waals surface area (Å²) in [5.74, 6) is 27.6. The fraction of sp³-hybridized carbons (Fsp3) is 0.789. The van der Waals surface area contributed by atoms with Gasteiger partial charge in [-0.05, 0) is 185 Å². The van der Waals surface area contributed by atoms with Crippen LogP contribution < -0.4 is 0 Å². The summed E-state index contributed by atoms with van der Waals surface area (Å²) in [4.78, 5) is 0. The quantitative estimate of drug-likeness (QED) is 0.331. The summed E-state index contributed by atoms with van der Waals surface area (Å²) in [7, 11) is 0. The van der Waals surface area contributed by atoms with Crippen molar-refractivity contribution in [2.24, 2.45) is 148 Å². The van der Waals surface area contributed by atoms with Crippen molar-refractivity contribution in [1.29, 1.82) is 0 Å². The predicted octanol–water partition coefficient (Wildman–Crippen LogP) is 6.64. The summed E-state index contributed by atoms with van der Waals surface area (Å²) >= 11 is 0. The Labute approximate surface area is 225 Å². The molecule has 0 heterocycles. The van der Waals surface area contributed by atoms with Crippen LogP contribution in [0.15, 0.2) is 46.1 Å². The van der Waals surface area contributed by atoms with E-state index in [2.05, 4.69) is 34.9 Å². The van der Waals surface area contributed by atoms with E-state index >= 15 is 0 Å². The third-order valence-corrected chi connectivity index (χ3v) is 19.8. The molecule has 25 atom stereocenters. The average Bonchev–Trinajstić information content (AvgIpc) is 3.69. The van der Waals surface area contributed by atoms with Crippen molar-refractivity contribution < 1.29 is 0 Å². The molecule has 12 saturated carbocycles. The van der Waals surface area contributed by atoms with E-state index in [1.807, 2.05) is 11.1 Å². The Morgan fingerprint density at radius 3 is 2.05 bits per heavy atom. The molecule has 25 unspecified atom stereocenters. The fourth-order valence-electron chi connectivity index (χ4n) is 21.1. The van der Waals surface area contributed by atoms with Crippen molar-refractivity contribution in [3.8, 4) is 0 Å². The second-order valence-corrected chi connectivity index (χ2v) is 18.9. The van der Waals surface area contributed by atoms with E-state index in [1.165, 1.54) is 47.8 Å². The Morgan fingerprint density at radius 2 is 1.08 bits per heavy atom. The van der Waals surface area contributed by atoms with Crippen molar-refractivity contribution in [3.63, 3.8) is 0 Å². The van der Waals surface area contributed by atoms with Crippen LogP contribution in [0, 0.1) is 148 Å². The van der Waals surface area contributed by atoms with Crippen LogP contribution >= 0.6 is 0 Å². The lowest BCUT2D eigenvalue weighted by atomic mass is 9.42. The Balaban J connectivity index is 1.12. The van der Waals surface area contributed by atoms with Gasteiger partial charge in [0.15, 0.2) is 0 Å². The minimum atomic E-state index is 0.864. The number of rotatable bonds is 0. The highest BCUT2D eigenvalue weighted by atomic mass is 14.9. The van der Waals surface area contributed by atoms with Gasteiger partial charge in [0, 0.05) is 5.92 Å². The smallest absolute Gasteiger partial charge is 0.00923 e. The number of allylic oxidation sites excluding steroid dienone is 8. The van der Waals surface area contributed by atoms with Crippen molar-refractivity contribution in [3.05, 3.63) is 46.1 Å². The Kier molecular flexibility index (Phi) is 2.18. The zero-order valence-electron chi connectivity index (χ0n) is 22.2. The molecule has 190 valence electrons. The highest BCUT2D eigenvalue weighted by molar-refractivity contribution is 5.63. The average molecular weight is 495 g/mol. The van der Waals surface area contributed by atoms with Crippen LogP contribution in [-0.4, -0.2) is 0 Å². The molecule has 0 aromatic heterocycles. The second kappa shape index (κ2) is 4.67. The molecule has 0 spiro atoms. The summed E-state index contributed by atoms with van der Waals surface area (Å²) in [6, 6.07) is 0. The molecule has 0 N–H and O–H groups in total. The molecular formula is C38H38. The zero-order chi connectivity index (χ0) is 23.0. The van der Waals surface area contributed by atoms with E-state index in [4.69, 9.17) is 0 Å². The number of hydrogen-bond donors (Lipinski definition) is 0. The topological polar surface area (TPSA) is 0 Å². The maximum absolute atomic E-state index is 3.03. The Morgan fingerprint density at radius 1 is 0.421 bits per heavy atom. The van der Waals surface area contributed by atoms with Gasteiger partial charge in [-0.3, -0.25) is 0 Å². The first-order valence-corrected chi connectivity index (χ1v) is 17.7. The highest BCUT2D eigenvalue weighted by Crippen LogP contribution is 2.91. The monoisotopic (exact) mass is 494 g/mol. The Bertz CT molecular complexity index is 1550. The number of hydrogen-bond acceptors (Lipinski definition) is 0. The standard InChI is InChI=1S/C38H38/c1-9-3-13-4-10-2-12-6-15-8-17-16-7-14-5-11(1)20-18(9)27-22(13)28-19(10)21(12)30-24(15)32-26(17)25(16)31-23(14)29(20)35-33(27)34(28)36(30)38(32)37(31)35/h1,7-8,10-13,15-16,18-25,27-31,33-38H,2-6H2. The van der Waals surface area contributed by atoms with Gasteiger partial charge in [-0.15, -0.1) is 0 Å². The lowest BCUT2D eigenvalue weighted by Crippen LogP contribution is -2.58. The van der Waals surface area contributed by atoms with Crippen LogP contribution in [0.25, 0.3) is 0 Å². The maximum atomic E-state index is 3.03. The summed E-state index contributed by atoms with van der Waals surface area (Å²) in [5, 5.41) is 0. The molecule has 12 fully saturated rings. The normalized spacial score (nSPS) is 80.2. The van der Waals surface area contributed by atoms with Crippen molar-refractivity contribution in [2.45, 2.75) is 32.1 Å². The maximum Gasteiger partial charge on any atom is 0.00923 e. The molecule has 38 heavy (non-hydrogen) atoms. The van der Waals surface area contributed by atoms with E-state index < -0.39 is 0 Å². The molecule has 0 aromatic rings. The predicted molar refractivity (Wildman–Crippen MR) is 142 cm³/mol. The molecule has 16 aliphatic rings. The summed E-state index contributed by atoms with van der Waals surface area (Å²) in [5.41, 5.74) is 10.4. The van der Waals surface area contributed by atoms with Crippen LogP contribution in [0.5, 0.6) is 0 Å². The zero-order valence-corrected chi connectivity index (χ0v) is 22.2. The van der Waals surface area contributed by atoms with Crippen molar-refractivity contribution in [2.75, 3.05) is 0 Å². The van der Waals surface area contributed by atoms with Crippen molar-refractivity contribution >= 4 is 0 Å². The molecule has 0 nitrogen and oxygen atoms in total. The molecule has 0 heteroatoms. The first-order chi connectivity index (χ1) is 18.9. The molecular weight excluding hydrogens is 456 g/mol. The summed E-state index contributed by atoms with van der Waals surface area (Å²) in [6.45, 7) is 0. The fourth-order valence-corrected chi connectivity index (χ4v) is 21.1. The minimum Gasteiger partial charge on any atom is -0.0813 e. The van der Waals surface area contributed by atoms with Gasteiger partial charge in [0.1, 0.15) is 0 Å². The van der Waals surface area contributed by atoms with Gasteiger partial charge in [0.2, 0.25) is 0 Å². The van der Waals surface area contributed by atoms with Crippen LogP contribution in [0.1, 0.15) is 32.1 Å². The van der Waals surface area contributed by atoms with Gasteiger partial charge in [0.25, 0.3) is 0 Å². The molecule has 0 amide bonds. The third kappa shape index (κ3) is 1.26. The molecule has 16 aliphatic carbocycles. The first-order valence-electron chi connectivity index (χ1n) is 17.7. The van der Waals surface area contributed by atoms with E-state index in [1.54, 1.807) is 25.7 Å². The van der Waals surface area contributed by atoms with Crippen LogP contribution in [0.4, 0.5) is 0 Å². The largest absolute Gasteiger partial charge is 0.0813 e. The van der Waals surface area contributed by atoms with E-state index in [9.17, 15) is 0 Å². The van der Waals surface area contributed by atoms with Gasteiger partial charge >= 0.3 is 0 Å². The van der Waals surface area contributed by atoms with Crippen LogP contribution in [0.2, 0.25) is 0 Å². The molecule has 0 bridgehead atoms. The van der Waals surface area contributed by atoms with Gasteiger partial charge in [-0.25, -0.2) is 0 Å². The summed E-state index contributed by atoms with van der Waals surface area (Å²) < 4.78 is 0.